The van der Waals surface area contributed by atoms with Crippen molar-refractivity contribution < 1.29 is 31.1 Å². The summed E-state index contributed by atoms with van der Waals surface area (Å²) in [4.78, 5) is 17.6. The van der Waals surface area contributed by atoms with Gasteiger partial charge in [0.15, 0.2) is 0 Å². The van der Waals surface area contributed by atoms with Crippen molar-refractivity contribution in [3.8, 4) is 17.0 Å². The van der Waals surface area contributed by atoms with Crippen LogP contribution >= 0.6 is 11.6 Å². The number of carbonyl (C=O) groups is 1. The summed E-state index contributed by atoms with van der Waals surface area (Å²) in [6.45, 7) is 1.93. The number of benzene rings is 2. The largest absolute Gasteiger partial charge is 0.573 e. The van der Waals surface area contributed by atoms with Gasteiger partial charge in [0.05, 0.1) is 10.6 Å². The lowest BCUT2D eigenvalue weighted by Gasteiger charge is -2.29. The fourth-order valence-corrected chi connectivity index (χ4v) is 5.90. The van der Waals surface area contributed by atoms with Crippen LogP contribution in [0.3, 0.4) is 0 Å². The summed E-state index contributed by atoms with van der Waals surface area (Å²) in [5, 5.41) is 3.25. The van der Waals surface area contributed by atoms with Crippen LogP contribution in [0.5, 0.6) is 5.75 Å². The number of carbonyl (C=O) groups excluding carboxylic acids is 1. The molecular weight excluding hydrogens is 543 g/mol. The molecule has 12 heteroatoms. The molecule has 0 bridgehead atoms. The van der Waals surface area contributed by atoms with Gasteiger partial charge < -0.3 is 10.1 Å². The summed E-state index contributed by atoms with van der Waals surface area (Å²) in [6.07, 6.45) is -1.76. The van der Waals surface area contributed by atoms with Gasteiger partial charge in [-0.2, -0.15) is 4.31 Å². The van der Waals surface area contributed by atoms with Gasteiger partial charge in [-0.15, -0.1) is 13.2 Å². The second kappa shape index (κ2) is 11.3. The van der Waals surface area contributed by atoms with Gasteiger partial charge >= 0.3 is 6.36 Å². The molecule has 38 heavy (non-hydrogen) atoms. The quantitative estimate of drug-likeness (QED) is 0.354. The van der Waals surface area contributed by atoms with E-state index in [1.54, 1.807) is 19.1 Å². The predicted octanol–water partition coefficient (Wildman–Crippen LogP) is 5.41. The molecule has 3 aromatic rings. The van der Waals surface area contributed by atoms with Gasteiger partial charge in [-0.05, 0) is 85.0 Å². The van der Waals surface area contributed by atoms with E-state index in [0.29, 0.717) is 21.8 Å². The van der Waals surface area contributed by atoms with E-state index in [0.717, 1.165) is 12.8 Å². The number of hydrogen-bond donors (Lipinski definition) is 1. The van der Waals surface area contributed by atoms with Crippen molar-refractivity contribution in [3.63, 3.8) is 0 Å². The fraction of sp³-hybridized carbons (Fsp3) is 0.308. The molecule has 7 nitrogen and oxygen atoms in total. The number of nitrogens with one attached hydrogen (secondary N) is 1. The molecule has 0 spiro atoms. The highest BCUT2D eigenvalue weighted by molar-refractivity contribution is 7.89. The van der Waals surface area contributed by atoms with E-state index in [1.807, 2.05) is 0 Å². The molecule has 1 heterocycles. The summed E-state index contributed by atoms with van der Waals surface area (Å²) in [7, 11) is -3.93. The number of nitrogens with zero attached hydrogens (tertiary/aromatic N) is 2. The van der Waals surface area contributed by atoms with E-state index < -0.39 is 28.3 Å². The summed E-state index contributed by atoms with van der Waals surface area (Å²) >= 11 is 5.90. The Morgan fingerprint density at radius 1 is 1.13 bits per heavy atom. The van der Waals surface area contributed by atoms with E-state index >= 15 is 0 Å². The second-order valence-corrected chi connectivity index (χ2v) is 11.1. The van der Waals surface area contributed by atoms with Gasteiger partial charge in [0, 0.05) is 29.9 Å². The first-order valence-corrected chi connectivity index (χ1v) is 13.7. The number of amides is 1. The molecule has 1 amide bonds. The van der Waals surface area contributed by atoms with Gasteiger partial charge in [0.2, 0.25) is 15.9 Å². The molecule has 0 saturated heterocycles. The van der Waals surface area contributed by atoms with Crippen LogP contribution in [0.4, 0.5) is 13.2 Å². The molecule has 2 aromatic carbocycles. The Labute approximate surface area is 223 Å². The smallest absolute Gasteiger partial charge is 0.406 e. The third-order valence-corrected chi connectivity index (χ3v) is 8.28. The van der Waals surface area contributed by atoms with Crippen LogP contribution in [0.2, 0.25) is 5.02 Å². The van der Waals surface area contributed by atoms with Gasteiger partial charge in [-0.3, -0.25) is 9.78 Å². The maximum atomic E-state index is 13.4. The maximum Gasteiger partial charge on any atom is 0.573 e. The lowest BCUT2D eigenvalue weighted by Crippen LogP contribution is -2.50. The lowest BCUT2D eigenvalue weighted by atomic mass is 10.1. The number of ether oxygens (including phenoxy) is 1. The first-order chi connectivity index (χ1) is 18.0. The average Bonchev–Trinajstić information content (AvgIpc) is 3.71. The summed E-state index contributed by atoms with van der Waals surface area (Å²) in [5.74, 6) is -0.828. The topological polar surface area (TPSA) is 88.6 Å². The van der Waals surface area contributed by atoms with Crippen molar-refractivity contribution >= 4 is 27.5 Å². The number of pyridine rings is 1. The van der Waals surface area contributed by atoms with Crippen molar-refractivity contribution in [2.24, 2.45) is 5.92 Å². The highest BCUT2D eigenvalue weighted by Crippen LogP contribution is 2.37. The summed E-state index contributed by atoms with van der Waals surface area (Å²) in [6, 6.07) is 13.7. The highest BCUT2D eigenvalue weighted by atomic mass is 35.5. The number of rotatable bonds is 10. The molecule has 1 atom stereocenters. The van der Waals surface area contributed by atoms with Crippen LogP contribution in [0.15, 0.2) is 71.8 Å². The first kappa shape index (κ1) is 27.9. The average molecular weight is 568 g/mol. The minimum atomic E-state index is -4.78. The van der Waals surface area contributed by atoms with Gasteiger partial charge in [-0.1, -0.05) is 18.5 Å². The normalized spacial score (nSPS) is 14.8. The predicted molar refractivity (Wildman–Crippen MR) is 136 cm³/mol. The first-order valence-electron chi connectivity index (χ1n) is 11.8. The Hall–Kier alpha value is -3.15. The highest BCUT2D eigenvalue weighted by Gasteiger charge is 2.44. The molecule has 1 unspecified atom stereocenters. The third kappa shape index (κ3) is 6.83. The maximum absolute atomic E-state index is 13.4. The molecule has 1 aromatic heterocycles. The van der Waals surface area contributed by atoms with Gasteiger partial charge in [0.25, 0.3) is 0 Å². The van der Waals surface area contributed by atoms with Crippen LogP contribution in [0.25, 0.3) is 11.3 Å². The number of hydrogen-bond acceptors (Lipinski definition) is 5. The van der Waals surface area contributed by atoms with Gasteiger partial charge in [-0.25, -0.2) is 8.42 Å². The molecular formula is C26H25ClF3N3O4S. The van der Waals surface area contributed by atoms with Crippen molar-refractivity contribution in [1.82, 2.24) is 14.6 Å². The van der Waals surface area contributed by atoms with Crippen LogP contribution < -0.4 is 10.1 Å². The van der Waals surface area contributed by atoms with Crippen molar-refractivity contribution in [3.05, 3.63) is 77.4 Å². The van der Waals surface area contributed by atoms with Crippen molar-refractivity contribution in [1.29, 1.82) is 0 Å². The van der Waals surface area contributed by atoms with Crippen LogP contribution in [-0.2, 0) is 21.4 Å². The Morgan fingerprint density at radius 2 is 1.79 bits per heavy atom. The number of aromatic nitrogens is 1. The summed E-state index contributed by atoms with van der Waals surface area (Å²) in [5.41, 5.74) is 1.75. The third-order valence-electron chi connectivity index (χ3n) is 6.05. The lowest BCUT2D eigenvalue weighted by molar-refractivity contribution is -0.274. The Kier molecular flexibility index (Phi) is 8.29. The van der Waals surface area contributed by atoms with Gasteiger partial charge in [0.1, 0.15) is 11.8 Å². The Balaban J connectivity index is 1.47. The molecule has 202 valence electrons. The SMILES string of the molecule is CCN(C(C(=O)NCc1ccnc(-c2ccc(OC(F)(F)F)cc2)c1)C1CC1)S(=O)(=O)c1ccc(Cl)cc1. The minimum Gasteiger partial charge on any atom is -0.406 e. The second-order valence-electron chi connectivity index (χ2n) is 8.78. The zero-order chi connectivity index (χ0) is 27.5. The van der Waals surface area contributed by atoms with E-state index in [1.165, 1.54) is 59.0 Å². The molecule has 1 saturated carbocycles. The number of likely N-dealkylation sites (N-methyl/N-ethyl adjacent to an activating group) is 1. The minimum absolute atomic E-state index is 0.0626. The number of halogens is 4. The Morgan fingerprint density at radius 3 is 2.37 bits per heavy atom. The van der Waals surface area contributed by atoms with Crippen molar-refractivity contribution in [2.75, 3.05) is 6.54 Å². The Bertz CT molecular complexity index is 1380. The van der Waals surface area contributed by atoms with Crippen LogP contribution in [-0.4, -0.2) is 42.6 Å². The molecule has 1 N–H and O–H groups in total. The van der Waals surface area contributed by atoms with Crippen LogP contribution in [0.1, 0.15) is 25.3 Å². The number of sulfonamides is 1. The van der Waals surface area contributed by atoms with E-state index in [2.05, 4.69) is 15.0 Å². The van der Waals surface area contributed by atoms with E-state index in [9.17, 15) is 26.4 Å². The molecule has 0 aliphatic heterocycles. The van der Waals surface area contributed by atoms with Crippen molar-refractivity contribution in [2.45, 2.75) is 43.6 Å². The van der Waals surface area contributed by atoms with E-state index in [4.69, 9.17) is 11.6 Å². The molecule has 4 rings (SSSR count). The standard InChI is InChI=1S/C26H25ClF3N3O4S/c1-2-33(38(35,36)22-11-7-20(27)8-12-22)24(19-3-4-19)25(34)32-16-17-13-14-31-23(15-17)18-5-9-21(10-6-18)37-26(28,29)30/h5-15,19,24H,2-4,16H2,1H3,(H,32,34). The molecule has 1 aliphatic carbocycles. The number of alkyl halides is 3. The van der Waals surface area contributed by atoms with E-state index in [-0.39, 0.29) is 29.7 Å². The fourth-order valence-electron chi connectivity index (χ4n) is 4.11. The summed E-state index contributed by atoms with van der Waals surface area (Å²) < 4.78 is 69.0. The zero-order valence-electron chi connectivity index (χ0n) is 20.3. The zero-order valence-corrected chi connectivity index (χ0v) is 21.9. The molecule has 1 aliphatic rings. The van der Waals surface area contributed by atoms with Crippen LogP contribution in [0, 0.1) is 5.92 Å². The molecule has 0 radical (unpaired) electrons. The molecule has 1 fully saturated rings. The monoisotopic (exact) mass is 567 g/mol.